The first kappa shape index (κ1) is 15.9. The molecule has 0 saturated heterocycles. The molecular formula is C19H20BrN3. The van der Waals surface area contributed by atoms with Gasteiger partial charge < -0.3 is 4.57 Å². The molecule has 0 bridgehead atoms. The highest BCUT2D eigenvalue weighted by atomic mass is 79.9. The molecule has 3 rings (SSSR count). The molecule has 4 heteroatoms. The highest BCUT2D eigenvalue weighted by molar-refractivity contribution is 9.10. The fourth-order valence-electron chi connectivity index (χ4n) is 2.84. The molecule has 0 fully saturated rings. The van der Waals surface area contributed by atoms with Gasteiger partial charge >= 0.3 is 0 Å². The number of hydrogen-bond acceptors (Lipinski definition) is 2. The number of hydrogen-bond donors (Lipinski definition) is 0. The zero-order valence-electron chi connectivity index (χ0n) is 13.7. The molecule has 3 heterocycles. The number of aryl methyl sites for hydroxylation is 5. The van der Waals surface area contributed by atoms with E-state index in [0.29, 0.717) is 0 Å². The van der Waals surface area contributed by atoms with E-state index in [0.717, 1.165) is 34.7 Å². The van der Waals surface area contributed by atoms with Gasteiger partial charge in [0, 0.05) is 22.8 Å². The average Bonchev–Trinajstić information content (AvgIpc) is 2.84. The summed E-state index contributed by atoms with van der Waals surface area (Å²) in [6, 6.07) is 14.6. The minimum absolute atomic E-state index is 0.881. The average molecular weight is 370 g/mol. The van der Waals surface area contributed by atoms with Crippen molar-refractivity contribution in [2.45, 2.75) is 33.6 Å². The number of aromatic nitrogens is 3. The second-order valence-electron chi connectivity index (χ2n) is 5.90. The van der Waals surface area contributed by atoms with Crippen LogP contribution in [-0.2, 0) is 12.8 Å². The summed E-state index contributed by atoms with van der Waals surface area (Å²) in [7, 11) is 0. The van der Waals surface area contributed by atoms with Crippen molar-refractivity contribution in [1.82, 2.24) is 14.5 Å². The fraction of sp³-hybridized carbons (Fsp3) is 0.263. The summed E-state index contributed by atoms with van der Waals surface area (Å²) in [4.78, 5) is 9.35. The minimum atomic E-state index is 0.881. The van der Waals surface area contributed by atoms with E-state index < -0.39 is 0 Å². The maximum absolute atomic E-state index is 4.86. The van der Waals surface area contributed by atoms with Gasteiger partial charge in [-0.15, -0.1) is 0 Å². The van der Waals surface area contributed by atoms with Crippen LogP contribution < -0.4 is 0 Å². The van der Waals surface area contributed by atoms with Gasteiger partial charge in [0.25, 0.3) is 0 Å². The Morgan fingerprint density at radius 1 is 0.870 bits per heavy atom. The third-order valence-electron chi connectivity index (χ3n) is 3.92. The summed E-state index contributed by atoms with van der Waals surface area (Å²) in [6.45, 7) is 6.35. The van der Waals surface area contributed by atoms with Gasteiger partial charge in [0.2, 0.25) is 0 Å². The van der Waals surface area contributed by atoms with Crippen molar-refractivity contribution in [3.05, 3.63) is 75.4 Å². The van der Waals surface area contributed by atoms with E-state index in [2.05, 4.69) is 76.6 Å². The summed E-state index contributed by atoms with van der Waals surface area (Å²) in [5.74, 6) is 1.00. The van der Waals surface area contributed by atoms with Gasteiger partial charge in [-0.25, -0.2) is 9.97 Å². The molecule has 0 aromatic carbocycles. The summed E-state index contributed by atoms with van der Waals surface area (Å²) in [5, 5.41) is 0. The van der Waals surface area contributed by atoms with E-state index in [-0.39, 0.29) is 0 Å². The maximum atomic E-state index is 4.86. The SMILES string of the molecule is Cc1cc(CCc2cccc(Br)n2)nc(-n2c(C)ccc2C)c1. The van der Waals surface area contributed by atoms with Crippen molar-refractivity contribution in [3.63, 3.8) is 0 Å². The molecule has 3 aromatic heterocycles. The molecule has 0 radical (unpaired) electrons. The van der Waals surface area contributed by atoms with Crippen LogP contribution >= 0.6 is 15.9 Å². The molecule has 0 aliphatic heterocycles. The van der Waals surface area contributed by atoms with Gasteiger partial charge in [-0.2, -0.15) is 0 Å². The number of rotatable bonds is 4. The number of nitrogens with zero attached hydrogens (tertiary/aromatic N) is 3. The topological polar surface area (TPSA) is 30.7 Å². The van der Waals surface area contributed by atoms with Crippen molar-refractivity contribution < 1.29 is 0 Å². The van der Waals surface area contributed by atoms with Gasteiger partial charge in [0.15, 0.2) is 0 Å². The van der Waals surface area contributed by atoms with E-state index in [1.165, 1.54) is 17.0 Å². The van der Waals surface area contributed by atoms with Gasteiger partial charge in [-0.05, 0) is 91.5 Å². The van der Waals surface area contributed by atoms with Crippen LogP contribution in [0.2, 0.25) is 0 Å². The Hall–Kier alpha value is -1.94. The lowest BCUT2D eigenvalue weighted by molar-refractivity contribution is 0.844. The smallest absolute Gasteiger partial charge is 0.137 e. The second kappa shape index (κ2) is 6.67. The van der Waals surface area contributed by atoms with E-state index >= 15 is 0 Å². The molecular weight excluding hydrogens is 350 g/mol. The first-order valence-electron chi connectivity index (χ1n) is 7.77. The summed E-state index contributed by atoms with van der Waals surface area (Å²) in [5.41, 5.74) is 5.84. The third-order valence-corrected chi connectivity index (χ3v) is 4.36. The largest absolute Gasteiger partial charge is 0.303 e. The zero-order valence-corrected chi connectivity index (χ0v) is 15.3. The summed E-state index contributed by atoms with van der Waals surface area (Å²) < 4.78 is 3.08. The maximum Gasteiger partial charge on any atom is 0.137 e. The molecule has 3 aromatic rings. The summed E-state index contributed by atoms with van der Waals surface area (Å²) >= 11 is 3.42. The van der Waals surface area contributed by atoms with Gasteiger partial charge in [0.1, 0.15) is 10.4 Å². The Morgan fingerprint density at radius 3 is 2.26 bits per heavy atom. The monoisotopic (exact) mass is 369 g/mol. The van der Waals surface area contributed by atoms with Crippen LogP contribution in [0.1, 0.15) is 28.3 Å². The highest BCUT2D eigenvalue weighted by Gasteiger charge is 2.08. The predicted octanol–water partition coefficient (Wildman–Crippen LogP) is 4.74. The first-order chi connectivity index (χ1) is 11.0. The predicted molar refractivity (Wildman–Crippen MR) is 97.1 cm³/mol. The molecule has 0 spiro atoms. The van der Waals surface area contributed by atoms with E-state index in [4.69, 9.17) is 4.98 Å². The quantitative estimate of drug-likeness (QED) is 0.621. The van der Waals surface area contributed by atoms with Crippen molar-refractivity contribution in [1.29, 1.82) is 0 Å². The molecule has 0 aliphatic carbocycles. The molecule has 23 heavy (non-hydrogen) atoms. The van der Waals surface area contributed by atoms with Gasteiger partial charge in [-0.3, -0.25) is 0 Å². The molecule has 118 valence electrons. The molecule has 0 N–H and O–H groups in total. The second-order valence-corrected chi connectivity index (χ2v) is 6.71. The van der Waals surface area contributed by atoms with Crippen molar-refractivity contribution in [2.75, 3.05) is 0 Å². The summed E-state index contributed by atoms with van der Waals surface area (Å²) in [6.07, 6.45) is 1.77. The lowest BCUT2D eigenvalue weighted by Gasteiger charge is -2.11. The Bertz CT molecular complexity index is 817. The standard InChI is InChI=1S/C19H20BrN3/c1-13-11-17(10-9-16-5-4-6-18(20)21-16)22-19(12-13)23-14(2)7-8-15(23)3/h4-8,11-12H,9-10H2,1-3H3. The van der Waals surface area contributed by atoms with Crippen molar-refractivity contribution in [2.24, 2.45) is 0 Å². The van der Waals surface area contributed by atoms with Crippen LogP contribution in [0, 0.1) is 20.8 Å². The molecule has 0 aliphatic rings. The normalized spacial score (nSPS) is 11.0. The Kier molecular flexibility index (Phi) is 4.62. The van der Waals surface area contributed by atoms with Gasteiger partial charge in [-0.1, -0.05) is 6.07 Å². The van der Waals surface area contributed by atoms with Crippen LogP contribution in [0.4, 0.5) is 0 Å². The van der Waals surface area contributed by atoms with Gasteiger partial charge in [0.05, 0.1) is 0 Å². The third kappa shape index (κ3) is 3.70. The first-order valence-corrected chi connectivity index (χ1v) is 8.56. The zero-order chi connectivity index (χ0) is 16.4. The van der Waals surface area contributed by atoms with Crippen LogP contribution in [0.25, 0.3) is 5.82 Å². The molecule has 3 nitrogen and oxygen atoms in total. The molecule has 0 saturated carbocycles. The van der Waals surface area contributed by atoms with Crippen LogP contribution in [0.15, 0.2) is 47.1 Å². The van der Waals surface area contributed by atoms with E-state index in [9.17, 15) is 0 Å². The lowest BCUT2D eigenvalue weighted by Crippen LogP contribution is -2.05. The Morgan fingerprint density at radius 2 is 1.57 bits per heavy atom. The highest BCUT2D eigenvalue weighted by Crippen LogP contribution is 2.17. The molecule has 0 amide bonds. The van der Waals surface area contributed by atoms with E-state index in [1.807, 2.05) is 12.1 Å². The molecule has 0 unspecified atom stereocenters. The van der Waals surface area contributed by atoms with Crippen LogP contribution in [-0.4, -0.2) is 14.5 Å². The van der Waals surface area contributed by atoms with Crippen LogP contribution in [0.5, 0.6) is 0 Å². The number of halogens is 1. The van der Waals surface area contributed by atoms with Crippen molar-refractivity contribution in [3.8, 4) is 5.82 Å². The molecule has 0 atom stereocenters. The Balaban J connectivity index is 1.86. The Labute approximate surface area is 145 Å². The van der Waals surface area contributed by atoms with Crippen molar-refractivity contribution >= 4 is 15.9 Å². The lowest BCUT2D eigenvalue weighted by atomic mass is 10.1. The van der Waals surface area contributed by atoms with Crippen LogP contribution in [0.3, 0.4) is 0 Å². The fourth-order valence-corrected chi connectivity index (χ4v) is 3.22. The number of pyridine rings is 2. The van der Waals surface area contributed by atoms with E-state index in [1.54, 1.807) is 0 Å². The minimum Gasteiger partial charge on any atom is -0.303 e.